The highest BCUT2D eigenvalue weighted by Crippen LogP contribution is 2.25. The van der Waals surface area contributed by atoms with Gasteiger partial charge in [-0.25, -0.2) is 4.39 Å². The van der Waals surface area contributed by atoms with E-state index < -0.39 is 11.7 Å². The predicted octanol–water partition coefficient (Wildman–Crippen LogP) is 1.74. The fraction of sp³-hybridized carbons (Fsp3) is 0.417. The molecule has 0 heterocycles. The van der Waals surface area contributed by atoms with Crippen molar-refractivity contribution in [1.82, 2.24) is 0 Å². The summed E-state index contributed by atoms with van der Waals surface area (Å²) in [4.78, 5) is 13.0. The van der Waals surface area contributed by atoms with Gasteiger partial charge in [0, 0.05) is 18.8 Å². The van der Waals surface area contributed by atoms with Crippen LogP contribution in [0.25, 0.3) is 0 Å². The first-order valence-corrected chi connectivity index (χ1v) is 5.65. The van der Waals surface area contributed by atoms with Crippen LogP contribution in [0.4, 0.5) is 15.8 Å². The van der Waals surface area contributed by atoms with Crippen molar-refractivity contribution in [3.8, 4) is 0 Å². The Hall–Kier alpha value is -1.78. The Balaban J connectivity index is 3.22. The van der Waals surface area contributed by atoms with Gasteiger partial charge in [0.2, 0.25) is 0 Å². The molecule has 5 heteroatoms. The lowest BCUT2D eigenvalue weighted by Gasteiger charge is -2.23. The van der Waals surface area contributed by atoms with Gasteiger partial charge in [0.1, 0.15) is 5.82 Å². The second kappa shape index (κ2) is 5.52. The minimum Gasteiger partial charge on any atom is -0.398 e. The second-order valence-electron chi connectivity index (χ2n) is 3.83. The number of nitrogen functional groups attached to an aromatic ring is 1. The minimum absolute atomic E-state index is 0.0753. The van der Waals surface area contributed by atoms with Crippen molar-refractivity contribution >= 4 is 17.3 Å². The summed E-state index contributed by atoms with van der Waals surface area (Å²) >= 11 is 0. The zero-order valence-corrected chi connectivity index (χ0v) is 10.2. The van der Waals surface area contributed by atoms with Crippen LogP contribution in [-0.2, 0) is 0 Å². The van der Waals surface area contributed by atoms with Crippen LogP contribution in [0.15, 0.2) is 12.1 Å². The molecule has 0 fully saturated rings. The molecule has 1 amide bonds. The average Bonchev–Trinajstić information content (AvgIpc) is 2.26. The molecular weight excluding hydrogens is 221 g/mol. The monoisotopic (exact) mass is 239 g/mol. The van der Waals surface area contributed by atoms with E-state index in [1.165, 1.54) is 6.07 Å². The van der Waals surface area contributed by atoms with Gasteiger partial charge in [-0.3, -0.25) is 4.79 Å². The van der Waals surface area contributed by atoms with Gasteiger partial charge in [0.25, 0.3) is 5.91 Å². The van der Waals surface area contributed by atoms with E-state index in [9.17, 15) is 9.18 Å². The summed E-state index contributed by atoms with van der Waals surface area (Å²) in [7, 11) is 0. The van der Waals surface area contributed by atoms with Crippen molar-refractivity contribution in [3.05, 3.63) is 23.5 Å². The number of primary amides is 1. The Morgan fingerprint density at radius 2 is 2.06 bits per heavy atom. The molecule has 0 unspecified atom stereocenters. The summed E-state index contributed by atoms with van der Waals surface area (Å²) in [5.41, 5.74) is 11.3. The van der Waals surface area contributed by atoms with Crippen LogP contribution in [0, 0.1) is 5.82 Å². The van der Waals surface area contributed by atoms with Gasteiger partial charge >= 0.3 is 0 Å². The molecule has 0 bridgehead atoms. The Bertz CT molecular complexity index is 420. The van der Waals surface area contributed by atoms with Gasteiger partial charge in [0.15, 0.2) is 0 Å². The van der Waals surface area contributed by atoms with Crippen molar-refractivity contribution in [1.29, 1.82) is 0 Å². The second-order valence-corrected chi connectivity index (χ2v) is 3.83. The van der Waals surface area contributed by atoms with Crippen LogP contribution in [0.2, 0.25) is 0 Å². The molecule has 0 aliphatic heterocycles. The van der Waals surface area contributed by atoms with Crippen LogP contribution >= 0.6 is 0 Å². The number of halogens is 1. The summed E-state index contributed by atoms with van der Waals surface area (Å²) in [6, 6.07) is 2.57. The highest BCUT2D eigenvalue weighted by atomic mass is 19.1. The largest absolute Gasteiger partial charge is 0.398 e. The Kier molecular flexibility index (Phi) is 4.31. The first-order chi connectivity index (χ1) is 8.01. The molecule has 1 aromatic rings. The van der Waals surface area contributed by atoms with Gasteiger partial charge in [-0.1, -0.05) is 6.92 Å². The molecule has 0 aliphatic carbocycles. The molecule has 17 heavy (non-hydrogen) atoms. The number of nitrogens with zero attached hydrogens (tertiary/aromatic N) is 1. The molecule has 0 saturated carbocycles. The molecule has 4 N–H and O–H groups in total. The van der Waals surface area contributed by atoms with E-state index in [-0.39, 0.29) is 11.3 Å². The Morgan fingerprint density at radius 1 is 1.41 bits per heavy atom. The van der Waals surface area contributed by atoms with Crippen molar-refractivity contribution in [2.75, 3.05) is 23.7 Å². The molecule has 94 valence electrons. The number of anilines is 2. The molecule has 0 saturated heterocycles. The van der Waals surface area contributed by atoms with Crippen molar-refractivity contribution in [2.45, 2.75) is 20.3 Å². The van der Waals surface area contributed by atoms with Gasteiger partial charge in [-0.05, 0) is 25.5 Å². The molecule has 0 aromatic heterocycles. The lowest BCUT2D eigenvalue weighted by molar-refractivity contribution is 0.100. The van der Waals surface area contributed by atoms with Gasteiger partial charge in [-0.15, -0.1) is 0 Å². The molecular formula is C12H18FN3O. The van der Waals surface area contributed by atoms with Crippen molar-refractivity contribution in [2.24, 2.45) is 5.73 Å². The quantitative estimate of drug-likeness (QED) is 0.769. The van der Waals surface area contributed by atoms with Crippen LogP contribution in [0.1, 0.15) is 30.6 Å². The zero-order valence-electron chi connectivity index (χ0n) is 10.2. The minimum atomic E-state index is -0.642. The molecule has 0 atom stereocenters. The molecule has 0 spiro atoms. The number of hydrogen-bond acceptors (Lipinski definition) is 3. The van der Waals surface area contributed by atoms with E-state index in [2.05, 4.69) is 0 Å². The van der Waals surface area contributed by atoms with E-state index in [1.54, 1.807) is 0 Å². The van der Waals surface area contributed by atoms with Crippen LogP contribution in [0.5, 0.6) is 0 Å². The summed E-state index contributed by atoms with van der Waals surface area (Å²) in [5.74, 6) is -1.07. The van der Waals surface area contributed by atoms with Crippen LogP contribution in [-0.4, -0.2) is 19.0 Å². The third kappa shape index (κ3) is 2.87. The van der Waals surface area contributed by atoms with Gasteiger partial charge in [-0.2, -0.15) is 0 Å². The number of amides is 1. The third-order valence-electron chi connectivity index (χ3n) is 2.60. The van der Waals surface area contributed by atoms with Crippen LogP contribution in [0.3, 0.4) is 0 Å². The van der Waals surface area contributed by atoms with Crippen molar-refractivity contribution < 1.29 is 9.18 Å². The highest BCUT2D eigenvalue weighted by Gasteiger charge is 2.15. The van der Waals surface area contributed by atoms with Crippen molar-refractivity contribution in [3.63, 3.8) is 0 Å². The lowest BCUT2D eigenvalue weighted by atomic mass is 10.1. The van der Waals surface area contributed by atoms with E-state index in [1.807, 2.05) is 18.7 Å². The van der Waals surface area contributed by atoms with E-state index in [0.29, 0.717) is 12.2 Å². The third-order valence-corrected chi connectivity index (χ3v) is 2.60. The fourth-order valence-electron chi connectivity index (χ4n) is 1.75. The predicted molar refractivity (Wildman–Crippen MR) is 67.5 cm³/mol. The first-order valence-electron chi connectivity index (χ1n) is 5.65. The van der Waals surface area contributed by atoms with Gasteiger partial charge in [0.05, 0.1) is 11.3 Å². The smallest absolute Gasteiger partial charge is 0.250 e. The number of nitrogens with two attached hydrogens (primary N) is 2. The van der Waals surface area contributed by atoms with E-state index in [4.69, 9.17) is 11.5 Å². The zero-order chi connectivity index (χ0) is 13.0. The molecule has 0 radical (unpaired) electrons. The normalized spacial score (nSPS) is 10.3. The summed E-state index contributed by atoms with van der Waals surface area (Å²) in [6.45, 7) is 5.31. The summed E-state index contributed by atoms with van der Waals surface area (Å²) < 4.78 is 13.8. The molecule has 1 aromatic carbocycles. The standard InChI is InChI=1S/C12H18FN3O/c1-3-5-16(4-2)11-6-8(12(15)17)10(14)7-9(11)13/h6-7H,3-5,14H2,1-2H3,(H2,15,17). The maximum Gasteiger partial charge on any atom is 0.250 e. The maximum absolute atomic E-state index is 13.8. The summed E-state index contributed by atoms with van der Waals surface area (Å²) in [5, 5.41) is 0. The SMILES string of the molecule is CCCN(CC)c1cc(C(N)=O)c(N)cc1F. The Labute approximate surface area is 100 Å². The number of carbonyl (C=O) groups excluding carboxylic acids is 1. The number of carbonyl (C=O) groups is 1. The van der Waals surface area contributed by atoms with Crippen LogP contribution < -0.4 is 16.4 Å². The number of rotatable bonds is 5. The lowest BCUT2D eigenvalue weighted by Crippen LogP contribution is -2.25. The average molecular weight is 239 g/mol. The first kappa shape index (κ1) is 13.3. The molecule has 0 aliphatic rings. The van der Waals surface area contributed by atoms with Gasteiger partial charge < -0.3 is 16.4 Å². The Morgan fingerprint density at radius 3 is 2.53 bits per heavy atom. The molecule has 1 rings (SSSR count). The van der Waals surface area contributed by atoms with E-state index in [0.717, 1.165) is 19.0 Å². The maximum atomic E-state index is 13.8. The van der Waals surface area contributed by atoms with E-state index >= 15 is 0 Å². The topological polar surface area (TPSA) is 72.3 Å². The summed E-state index contributed by atoms with van der Waals surface area (Å²) in [6.07, 6.45) is 0.892. The number of benzene rings is 1. The highest BCUT2D eigenvalue weighted by molar-refractivity contribution is 5.99. The fourth-order valence-corrected chi connectivity index (χ4v) is 1.75. The molecule has 4 nitrogen and oxygen atoms in total. The number of hydrogen-bond donors (Lipinski definition) is 2.